The second kappa shape index (κ2) is 0.544. The van der Waals surface area contributed by atoms with E-state index in [1.165, 1.54) is 13.0 Å². The number of hydrogen-bond donors (Lipinski definition) is 1. The van der Waals surface area contributed by atoms with Gasteiger partial charge >= 0.3 is 0 Å². The quantitative estimate of drug-likeness (QED) is 0.446. The lowest BCUT2D eigenvalue weighted by Gasteiger charge is -2.21. The molecular weight excluding hydrogens is 74.1 g/mol. The van der Waals surface area contributed by atoms with Crippen molar-refractivity contribution < 1.29 is 0 Å². The lowest BCUT2D eigenvalue weighted by molar-refractivity contribution is 0.382. The van der Waals surface area contributed by atoms with Crippen LogP contribution in [0.4, 0.5) is 0 Å². The van der Waals surface area contributed by atoms with E-state index in [-0.39, 0.29) is 0 Å². The van der Waals surface area contributed by atoms with Crippen LogP contribution in [0.1, 0.15) is 13.3 Å². The SMILES string of the molecule is CC12CC1CN2. The minimum absolute atomic E-state index is 0.639. The summed E-state index contributed by atoms with van der Waals surface area (Å²) >= 11 is 0. The Balaban J connectivity index is 2.22. The Morgan fingerprint density at radius 2 is 2.50 bits per heavy atom. The number of nitrogens with one attached hydrogen (secondary N) is 1. The van der Waals surface area contributed by atoms with E-state index in [0.717, 1.165) is 5.92 Å². The van der Waals surface area contributed by atoms with Crippen molar-refractivity contribution in [2.24, 2.45) is 5.92 Å². The zero-order valence-electron chi connectivity index (χ0n) is 3.99. The molecule has 2 unspecified atom stereocenters. The Labute approximate surface area is 37.7 Å². The predicted molar refractivity (Wildman–Crippen MR) is 24.5 cm³/mol. The van der Waals surface area contributed by atoms with Gasteiger partial charge in [-0.2, -0.15) is 0 Å². The van der Waals surface area contributed by atoms with E-state index in [0.29, 0.717) is 5.54 Å². The molecule has 0 aromatic carbocycles. The van der Waals surface area contributed by atoms with Crippen molar-refractivity contribution in [2.75, 3.05) is 6.54 Å². The molecule has 0 radical (unpaired) electrons. The third-order valence-corrected chi connectivity index (χ3v) is 2.16. The van der Waals surface area contributed by atoms with E-state index in [1.807, 2.05) is 0 Å². The van der Waals surface area contributed by atoms with Crippen molar-refractivity contribution in [3.63, 3.8) is 0 Å². The molecule has 34 valence electrons. The first-order valence-corrected chi connectivity index (χ1v) is 2.56. The van der Waals surface area contributed by atoms with Crippen LogP contribution in [0, 0.1) is 5.92 Å². The van der Waals surface area contributed by atoms with Crippen LogP contribution >= 0.6 is 0 Å². The highest BCUT2D eigenvalue weighted by atomic mass is 15.1. The second-order valence-corrected chi connectivity index (χ2v) is 2.70. The Bertz CT molecular complexity index is 85.9. The highest BCUT2D eigenvalue weighted by Gasteiger charge is 2.57. The molecule has 2 rings (SSSR count). The molecule has 1 aliphatic heterocycles. The molecule has 1 aliphatic carbocycles. The normalized spacial score (nSPS) is 62.5. The molecule has 0 bridgehead atoms. The van der Waals surface area contributed by atoms with Gasteiger partial charge in [0.15, 0.2) is 0 Å². The first kappa shape index (κ1) is 3.03. The fourth-order valence-corrected chi connectivity index (χ4v) is 1.19. The van der Waals surface area contributed by atoms with E-state index >= 15 is 0 Å². The Morgan fingerprint density at radius 3 is 2.50 bits per heavy atom. The smallest absolute Gasteiger partial charge is 0.0198 e. The maximum Gasteiger partial charge on any atom is 0.0198 e. The monoisotopic (exact) mass is 83.1 g/mol. The minimum atomic E-state index is 0.639. The molecule has 0 spiro atoms. The number of rotatable bonds is 0. The summed E-state index contributed by atoms with van der Waals surface area (Å²) in [6, 6.07) is 0. The molecule has 0 aromatic heterocycles. The molecule has 2 atom stereocenters. The van der Waals surface area contributed by atoms with E-state index in [9.17, 15) is 0 Å². The zero-order chi connectivity index (χ0) is 4.20. The molecule has 1 saturated carbocycles. The minimum Gasteiger partial charge on any atom is -0.311 e. The van der Waals surface area contributed by atoms with Crippen molar-refractivity contribution in [3.8, 4) is 0 Å². The highest BCUT2D eigenvalue weighted by molar-refractivity contribution is 5.15. The van der Waals surface area contributed by atoms with E-state index in [1.54, 1.807) is 0 Å². The molecule has 0 aromatic rings. The average molecular weight is 83.1 g/mol. The lowest BCUT2D eigenvalue weighted by atomic mass is 10.1. The van der Waals surface area contributed by atoms with Crippen LogP contribution < -0.4 is 5.32 Å². The summed E-state index contributed by atoms with van der Waals surface area (Å²) in [6.07, 6.45) is 1.44. The summed E-state index contributed by atoms with van der Waals surface area (Å²) in [5.74, 6) is 1.07. The number of fused-ring (bicyclic) bond motifs is 1. The van der Waals surface area contributed by atoms with Gasteiger partial charge < -0.3 is 5.32 Å². The summed E-state index contributed by atoms with van der Waals surface area (Å²) < 4.78 is 0. The number of hydrogen-bond acceptors (Lipinski definition) is 1. The highest BCUT2D eigenvalue weighted by Crippen LogP contribution is 2.49. The molecule has 1 saturated heterocycles. The molecule has 1 nitrogen and oxygen atoms in total. The van der Waals surface area contributed by atoms with Gasteiger partial charge in [-0.05, 0) is 19.3 Å². The first-order chi connectivity index (χ1) is 2.81. The zero-order valence-corrected chi connectivity index (χ0v) is 3.99. The third kappa shape index (κ3) is 0.155. The van der Waals surface area contributed by atoms with Crippen LogP contribution in [-0.2, 0) is 0 Å². The van der Waals surface area contributed by atoms with Crippen molar-refractivity contribution in [1.82, 2.24) is 5.32 Å². The largest absolute Gasteiger partial charge is 0.311 e. The van der Waals surface area contributed by atoms with Crippen molar-refractivity contribution in [1.29, 1.82) is 0 Å². The molecule has 2 aliphatic rings. The van der Waals surface area contributed by atoms with Gasteiger partial charge in [0, 0.05) is 12.1 Å². The van der Waals surface area contributed by atoms with Gasteiger partial charge in [0.1, 0.15) is 0 Å². The van der Waals surface area contributed by atoms with Gasteiger partial charge in [-0.25, -0.2) is 0 Å². The van der Waals surface area contributed by atoms with Crippen LogP contribution in [0.25, 0.3) is 0 Å². The summed E-state index contributed by atoms with van der Waals surface area (Å²) in [6.45, 7) is 3.58. The lowest BCUT2D eigenvalue weighted by Crippen LogP contribution is -2.43. The summed E-state index contributed by atoms with van der Waals surface area (Å²) in [7, 11) is 0. The summed E-state index contributed by atoms with van der Waals surface area (Å²) in [5, 5.41) is 3.36. The van der Waals surface area contributed by atoms with E-state index in [2.05, 4.69) is 12.2 Å². The fourth-order valence-electron chi connectivity index (χ4n) is 1.19. The fraction of sp³-hybridized carbons (Fsp3) is 1.00. The Hall–Kier alpha value is -0.0400. The van der Waals surface area contributed by atoms with Crippen LogP contribution in [-0.4, -0.2) is 12.1 Å². The van der Waals surface area contributed by atoms with Gasteiger partial charge in [-0.1, -0.05) is 0 Å². The Morgan fingerprint density at radius 1 is 1.83 bits per heavy atom. The average Bonchev–Trinajstić information content (AvgIpc) is 1.88. The van der Waals surface area contributed by atoms with Gasteiger partial charge in [-0.15, -0.1) is 0 Å². The summed E-state index contributed by atoms with van der Waals surface area (Å²) in [5.41, 5.74) is 0.639. The van der Waals surface area contributed by atoms with Gasteiger partial charge in [0.2, 0.25) is 0 Å². The third-order valence-electron chi connectivity index (χ3n) is 2.16. The molecule has 6 heavy (non-hydrogen) atoms. The molecule has 0 amide bonds. The van der Waals surface area contributed by atoms with E-state index < -0.39 is 0 Å². The Kier molecular flexibility index (Phi) is 0.274. The van der Waals surface area contributed by atoms with Crippen LogP contribution in [0.2, 0.25) is 0 Å². The van der Waals surface area contributed by atoms with Gasteiger partial charge in [0.25, 0.3) is 0 Å². The molecule has 1 heterocycles. The van der Waals surface area contributed by atoms with Gasteiger partial charge in [0.05, 0.1) is 0 Å². The maximum absolute atomic E-state index is 3.36. The molecular formula is C5H9N. The van der Waals surface area contributed by atoms with Crippen molar-refractivity contribution in [2.45, 2.75) is 18.9 Å². The predicted octanol–water partition coefficient (Wildman–Crippen LogP) is 0.368. The van der Waals surface area contributed by atoms with E-state index in [4.69, 9.17) is 0 Å². The second-order valence-electron chi connectivity index (χ2n) is 2.70. The topological polar surface area (TPSA) is 12.0 Å². The van der Waals surface area contributed by atoms with Crippen molar-refractivity contribution >= 4 is 0 Å². The summed E-state index contributed by atoms with van der Waals surface area (Å²) in [4.78, 5) is 0. The van der Waals surface area contributed by atoms with Crippen LogP contribution in [0.5, 0.6) is 0 Å². The molecule has 1 N–H and O–H groups in total. The molecule has 2 fully saturated rings. The first-order valence-electron chi connectivity index (χ1n) is 2.56. The molecule has 1 heteroatoms. The van der Waals surface area contributed by atoms with Crippen LogP contribution in [0.3, 0.4) is 0 Å². The maximum atomic E-state index is 3.36. The standard InChI is InChI=1S/C5H9N/c1-5-2-4(5)3-6-5/h4,6H,2-3H2,1H3. The van der Waals surface area contributed by atoms with Gasteiger partial charge in [-0.3, -0.25) is 0 Å². The van der Waals surface area contributed by atoms with Crippen molar-refractivity contribution in [3.05, 3.63) is 0 Å². The van der Waals surface area contributed by atoms with Crippen LogP contribution in [0.15, 0.2) is 0 Å².